The van der Waals surface area contributed by atoms with Gasteiger partial charge in [-0.15, -0.1) is 0 Å². The van der Waals surface area contributed by atoms with Crippen molar-refractivity contribution < 1.29 is 9.53 Å². The molecule has 2 aromatic carbocycles. The molecule has 0 spiro atoms. The lowest BCUT2D eigenvalue weighted by Gasteiger charge is -2.15. The van der Waals surface area contributed by atoms with Gasteiger partial charge in [-0.25, -0.2) is 9.67 Å². The molecule has 4 rings (SSSR count). The number of benzene rings is 2. The second-order valence-electron chi connectivity index (χ2n) is 8.28. The smallest absolute Gasteiger partial charge is 0.264 e. The molecule has 0 bridgehead atoms. The SMILES string of the molecule is COc1ccc(C(C)NC(=O)Cn2cnc3c(cnn3-c3ccc(C(C)C)cc3)c2=O)cc1. The second-order valence-corrected chi connectivity index (χ2v) is 8.28. The van der Waals surface area contributed by atoms with Crippen LogP contribution in [0.1, 0.15) is 43.9 Å². The van der Waals surface area contributed by atoms with Crippen molar-refractivity contribution in [2.45, 2.75) is 39.3 Å². The molecule has 4 aromatic rings. The van der Waals surface area contributed by atoms with Crippen molar-refractivity contribution in [3.8, 4) is 11.4 Å². The Morgan fingerprint density at radius 2 is 1.70 bits per heavy atom. The zero-order valence-electron chi connectivity index (χ0n) is 19.1. The number of rotatable bonds is 7. The van der Waals surface area contributed by atoms with Gasteiger partial charge in [-0.05, 0) is 48.2 Å². The highest BCUT2D eigenvalue weighted by atomic mass is 16.5. The quantitative estimate of drug-likeness (QED) is 0.469. The highest BCUT2D eigenvalue weighted by Gasteiger charge is 2.15. The molecule has 0 aliphatic carbocycles. The zero-order valence-corrected chi connectivity index (χ0v) is 19.1. The summed E-state index contributed by atoms with van der Waals surface area (Å²) in [5.74, 6) is 0.898. The first-order valence-electron chi connectivity index (χ1n) is 10.8. The first-order valence-corrected chi connectivity index (χ1v) is 10.8. The van der Waals surface area contributed by atoms with Crippen molar-refractivity contribution in [1.29, 1.82) is 0 Å². The predicted octanol–water partition coefficient (Wildman–Crippen LogP) is 3.59. The minimum absolute atomic E-state index is 0.128. The topological polar surface area (TPSA) is 91.0 Å². The van der Waals surface area contributed by atoms with Crippen LogP contribution in [-0.2, 0) is 11.3 Å². The summed E-state index contributed by atoms with van der Waals surface area (Å²) in [6, 6.07) is 15.3. The predicted molar refractivity (Wildman–Crippen MR) is 127 cm³/mol. The van der Waals surface area contributed by atoms with Gasteiger partial charge in [0.25, 0.3) is 5.56 Å². The molecule has 1 N–H and O–H groups in total. The normalized spacial score (nSPS) is 12.2. The molecule has 0 radical (unpaired) electrons. The molecule has 1 atom stereocenters. The van der Waals surface area contributed by atoms with Crippen LogP contribution in [0.15, 0.2) is 65.8 Å². The van der Waals surface area contributed by atoms with E-state index in [1.165, 1.54) is 22.7 Å². The molecule has 0 saturated carbocycles. The summed E-state index contributed by atoms with van der Waals surface area (Å²) in [6.45, 7) is 6.03. The van der Waals surface area contributed by atoms with Crippen LogP contribution in [0.2, 0.25) is 0 Å². The summed E-state index contributed by atoms with van der Waals surface area (Å²) < 4.78 is 8.10. The third-order valence-corrected chi connectivity index (χ3v) is 5.67. The van der Waals surface area contributed by atoms with E-state index >= 15 is 0 Å². The molecule has 1 amide bonds. The molecule has 33 heavy (non-hydrogen) atoms. The van der Waals surface area contributed by atoms with E-state index in [4.69, 9.17) is 4.74 Å². The van der Waals surface area contributed by atoms with Gasteiger partial charge < -0.3 is 10.1 Å². The van der Waals surface area contributed by atoms with E-state index in [0.29, 0.717) is 17.0 Å². The molecular weight excluding hydrogens is 418 g/mol. The van der Waals surface area contributed by atoms with Crippen molar-refractivity contribution in [2.75, 3.05) is 7.11 Å². The number of fused-ring (bicyclic) bond motifs is 1. The van der Waals surface area contributed by atoms with Crippen LogP contribution < -0.4 is 15.6 Å². The summed E-state index contributed by atoms with van der Waals surface area (Å²) in [7, 11) is 1.61. The van der Waals surface area contributed by atoms with Gasteiger partial charge in [0.2, 0.25) is 5.91 Å². The maximum atomic E-state index is 13.0. The van der Waals surface area contributed by atoms with Crippen molar-refractivity contribution in [2.24, 2.45) is 0 Å². The molecule has 2 aromatic heterocycles. The van der Waals surface area contributed by atoms with Gasteiger partial charge in [-0.2, -0.15) is 5.10 Å². The van der Waals surface area contributed by atoms with Crippen molar-refractivity contribution in [3.63, 3.8) is 0 Å². The highest BCUT2D eigenvalue weighted by Crippen LogP contribution is 2.19. The van der Waals surface area contributed by atoms with E-state index in [1.807, 2.05) is 55.5 Å². The standard InChI is InChI=1S/C25H27N5O3/c1-16(2)18-5-9-20(10-6-18)30-24-22(13-27-30)25(32)29(15-26-24)14-23(31)28-17(3)19-7-11-21(33-4)12-8-19/h5-13,15-17H,14H2,1-4H3,(H,28,31). The van der Waals surface area contributed by atoms with Gasteiger partial charge in [-0.3, -0.25) is 14.2 Å². The number of methoxy groups -OCH3 is 1. The Balaban J connectivity index is 1.51. The van der Waals surface area contributed by atoms with E-state index < -0.39 is 0 Å². The average Bonchev–Trinajstić information content (AvgIpc) is 3.26. The Bertz CT molecular complexity index is 1320. The van der Waals surface area contributed by atoms with Gasteiger partial charge >= 0.3 is 0 Å². The van der Waals surface area contributed by atoms with Gasteiger partial charge in [0.15, 0.2) is 5.65 Å². The minimum Gasteiger partial charge on any atom is -0.497 e. The Labute approximate surface area is 191 Å². The van der Waals surface area contributed by atoms with Crippen LogP contribution in [0.4, 0.5) is 0 Å². The Kier molecular flexibility index (Phi) is 6.26. The molecule has 8 nitrogen and oxygen atoms in total. The largest absolute Gasteiger partial charge is 0.497 e. The number of nitrogens with one attached hydrogen (secondary N) is 1. The van der Waals surface area contributed by atoms with E-state index in [0.717, 1.165) is 17.0 Å². The Hall–Kier alpha value is -3.94. The summed E-state index contributed by atoms with van der Waals surface area (Å²) in [6.07, 6.45) is 2.89. The second kappa shape index (κ2) is 9.28. The van der Waals surface area contributed by atoms with Crippen molar-refractivity contribution in [3.05, 3.63) is 82.5 Å². The summed E-state index contributed by atoms with van der Waals surface area (Å²) in [5, 5.41) is 7.63. The van der Waals surface area contributed by atoms with Gasteiger partial charge in [0, 0.05) is 0 Å². The molecular formula is C25H27N5O3. The first kappa shape index (κ1) is 22.3. The molecule has 8 heteroatoms. The summed E-state index contributed by atoms with van der Waals surface area (Å²) in [5.41, 5.74) is 3.14. The molecule has 0 fully saturated rings. The van der Waals surface area contributed by atoms with Crippen LogP contribution in [0.3, 0.4) is 0 Å². The first-order chi connectivity index (χ1) is 15.9. The molecule has 0 aliphatic heterocycles. The minimum atomic E-state index is -0.308. The lowest BCUT2D eigenvalue weighted by atomic mass is 10.0. The summed E-state index contributed by atoms with van der Waals surface area (Å²) in [4.78, 5) is 29.9. The highest BCUT2D eigenvalue weighted by molar-refractivity contribution is 5.78. The lowest BCUT2D eigenvalue weighted by Crippen LogP contribution is -2.33. The van der Waals surface area contributed by atoms with E-state index in [1.54, 1.807) is 11.8 Å². The fourth-order valence-electron chi connectivity index (χ4n) is 3.67. The number of aromatic nitrogens is 4. The zero-order chi connectivity index (χ0) is 23.5. The number of hydrogen-bond acceptors (Lipinski definition) is 5. The van der Waals surface area contributed by atoms with Crippen molar-refractivity contribution in [1.82, 2.24) is 24.6 Å². The maximum absolute atomic E-state index is 13.0. The number of carbonyl (C=O) groups is 1. The van der Waals surface area contributed by atoms with Crippen LogP contribution >= 0.6 is 0 Å². The number of nitrogens with zero attached hydrogens (tertiary/aromatic N) is 4. The van der Waals surface area contributed by atoms with Crippen LogP contribution in [-0.4, -0.2) is 32.3 Å². The fourth-order valence-corrected chi connectivity index (χ4v) is 3.67. The molecule has 2 heterocycles. The third-order valence-electron chi connectivity index (χ3n) is 5.67. The van der Waals surface area contributed by atoms with Crippen LogP contribution in [0.5, 0.6) is 5.75 Å². The Morgan fingerprint density at radius 1 is 1.03 bits per heavy atom. The van der Waals surface area contributed by atoms with Gasteiger partial charge in [-0.1, -0.05) is 38.1 Å². The monoisotopic (exact) mass is 445 g/mol. The molecule has 0 aliphatic rings. The maximum Gasteiger partial charge on any atom is 0.264 e. The Morgan fingerprint density at radius 3 is 2.33 bits per heavy atom. The number of amides is 1. The average molecular weight is 446 g/mol. The fraction of sp³-hybridized carbons (Fsp3) is 0.280. The lowest BCUT2D eigenvalue weighted by molar-refractivity contribution is -0.122. The van der Waals surface area contributed by atoms with Gasteiger partial charge in [0.05, 0.1) is 25.0 Å². The third kappa shape index (κ3) is 4.64. The van der Waals surface area contributed by atoms with Crippen LogP contribution in [0, 0.1) is 0 Å². The van der Waals surface area contributed by atoms with Crippen molar-refractivity contribution >= 4 is 16.9 Å². The number of carbonyl (C=O) groups excluding carboxylic acids is 1. The molecule has 0 saturated heterocycles. The van der Waals surface area contributed by atoms with E-state index in [-0.39, 0.29) is 24.1 Å². The van der Waals surface area contributed by atoms with Crippen LogP contribution in [0.25, 0.3) is 16.7 Å². The van der Waals surface area contributed by atoms with E-state index in [2.05, 4.69) is 29.2 Å². The van der Waals surface area contributed by atoms with E-state index in [9.17, 15) is 9.59 Å². The molecule has 170 valence electrons. The molecule has 1 unspecified atom stereocenters. The van der Waals surface area contributed by atoms with Gasteiger partial charge in [0.1, 0.15) is 24.0 Å². The number of ether oxygens (including phenoxy) is 1. The summed E-state index contributed by atoms with van der Waals surface area (Å²) >= 11 is 0. The number of hydrogen-bond donors (Lipinski definition) is 1.